The molecular formula is C27H33N5O5S. The van der Waals surface area contributed by atoms with Crippen LogP contribution in [-0.2, 0) is 21.2 Å². The maximum atomic E-state index is 12.9. The summed E-state index contributed by atoms with van der Waals surface area (Å²) < 4.78 is 28.3. The molecule has 0 atom stereocenters. The highest BCUT2D eigenvalue weighted by molar-refractivity contribution is 7.92. The number of aromatic nitrogens is 1. The number of carbonyl (C=O) groups excluding carboxylic acids is 1. The molecule has 1 amide bonds. The van der Waals surface area contributed by atoms with E-state index in [1.807, 2.05) is 25.7 Å². The fourth-order valence-corrected chi connectivity index (χ4v) is 5.49. The first-order chi connectivity index (χ1) is 18.1. The van der Waals surface area contributed by atoms with Gasteiger partial charge in [-0.2, -0.15) is 0 Å². The SMILES string of the molecule is CCc1ccc(S(=O)(=O)Nc2ccc3nc(N4CCN(CC(=O)NC(C)C)CC4)cc(C(=O)O)c3c2)cc1. The number of nitrogens with zero attached hydrogens (tertiary/aromatic N) is 3. The van der Waals surface area contributed by atoms with E-state index in [0.717, 1.165) is 12.0 Å². The average Bonchev–Trinajstić information content (AvgIpc) is 2.87. The second kappa shape index (κ2) is 11.4. The Morgan fingerprint density at radius 3 is 2.32 bits per heavy atom. The van der Waals surface area contributed by atoms with Crippen LogP contribution in [0.5, 0.6) is 0 Å². The molecule has 10 nitrogen and oxygen atoms in total. The molecule has 0 bridgehead atoms. The zero-order valence-corrected chi connectivity index (χ0v) is 22.6. The lowest BCUT2D eigenvalue weighted by atomic mass is 10.1. The molecule has 11 heteroatoms. The molecule has 0 aliphatic carbocycles. The van der Waals surface area contributed by atoms with Gasteiger partial charge in [-0.1, -0.05) is 19.1 Å². The number of carboxylic acid groups (broad SMARTS) is 1. The molecule has 0 unspecified atom stereocenters. The summed E-state index contributed by atoms with van der Waals surface area (Å²) in [6.07, 6.45) is 0.802. The van der Waals surface area contributed by atoms with E-state index >= 15 is 0 Å². The third-order valence-electron chi connectivity index (χ3n) is 6.43. The van der Waals surface area contributed by atoms with E-state index in [-0.39, 0.29) is 28.1 Å². The van der Waals surface area contributed by atoms with Gasteiger partial charge in [0.05, 0.1) is 22.5 Å². The van der Waals surface area contributed by atoms with Crippen molar-refractivity contribution in [3.8, 4) is 0 Å². The van der Waals surface area contributed by atoms with Gasteiger partial charge in [-0.15, -0.1) is 0 Å². The minimum absolute atomic E-state index is 0.0187. The van der Waals surface area contributed by atoms with E-state index in [0.29, 0.717) is 49.4 Å². The summed E-state index contributed by atoms with van der Waals surface area (Å²) in [4.78, 5) is 33.1. The van der Waals surface area contributed by atoms with Gasteiger partial charge in [0, 0.05) is 43.3 Å². The van der Waals surface area contributed by atoms with Crippen molar-refractivity contribution in [2.24, 2.45) is 0 Å². The fraction of sp³-hybridized carbons (Fsp3) is 0.370. The average molecular weight is 540 g/mol. The quantitative estimate of drug-likeness (QED) is 0.378. The first kappa shape index (κ1) is 27.3. The lowest BCUT2D eigenvalue weighted by Crippen LogP contribution is -2.50. The number of aromatic carboxylic acids is 1. The van der Waals surface area contributed by atoms with Crippen LogP contribution in [0.25, 0.3) is 10.9 Å². The molecule has 1 aliphatic heterocycles. The zero-order chi connectivity index (χ0) is 27.4. The maximum absolute atomic E-state index is 12.9. The number of fused-ring (bicyclic) bond motifs is 1. The van der Waals surface area contributed by atoms with Gasteiger partial charge in [0.2, 0.25) is 5.91 Å². The van der Waals surface area contributed by atoms with Crippen LogP contribution in [0.3, 0.4) is 0 Å². The number of hydrogen-bond donors (Lipinski definition) is 3. The number of carboxylic acids is 1. The van der Waals surface area contributed by atoms with Gasteiger partial charge in [-0.3, -0.25) is 14.4 Å². The molecule has 3 N–H and O–H groups in total. The normalized spacial score (nSPS) is 14.6. The van der Waals surface area contributed by atoms with Crippen molar-refractivity contribution in [2.45, 2.75) is 38.1 Å². The number of hydrogen-bond acceptors (Lipinski definition) is 7. The summed E-state index contributed by atoms with van der Waals surface area (Å²) in [7, 11) is -3.85. The number of sulfonamides is 1. The molecule has 1 saturated heterocycles. The number of carbonyl (C=O) groups is 2. The summed E-state index contributed by atoms with van der Waals surface area (Å²) in [5.41, 5.74) is 1.77. The van der Waals surface area contributed by atoms with Crippen molar-refractivity contribution < 1.29 is 23.1 Å². The molecule has 1 aromatic heterocycles. The first-order valence-corrected chi connectivity index (χ1v) is 14.1. The van der Waals surface area contributed by atoms with Crippen LogP contribution in [0.2, 0.25) is 0 Å². The summed E-state index contributed by atoms with van der Waals surface area (Å²) in [6, 6.07) is 12.9. The minimum atomic E-state index is -3.85. The number of anilines is 2. The van der Waals surface area contributed by atoms with Crippen LogP contribution in [-0.4, -0.2) is 74.1 Å². The Labute approximate surface area is 222 Å². The van der Waals surface area contributed by atoms with Gasteiger partial charge in [-0.25, -0.2) is 18.2 Å². The Kier molecular flexibility index (Phi) is 8.17. The largest absolute Gasteiger partial charge is 0.478 e. The predicted molar refractivity (Wildman–Crippen MR) is 147 cm³/mol. The molecule has 38 heavy (non-hydrogen) atoms. The Hall–Kier alpha value is -3.70. The lowest BCUT2D eigenvalue weighted by molar-refractivity contribution is -0.122. The van der Waals surface area contributed by atoms with Gasteiger partial charge < -0.3 is 15.3 Å². The number of nitrogens with one attached hydrogen (secondary N) is 2. The Morgan fingerprint density at radius 1 is 1.03 bits per heavy atom. The molecule has 1 fully saturated rings. The van der Waals surface area contributed by atoms with Crippen LogP contribution >= 0.6 is 0 Å². The van der Waals surface area contributed by atoms with E-state index in [1.165, 1.54) is 12.1 Å². The Balaban J connectivity index is 1.53. The Bertz CT molecular complexity index is 1430. The smallest absolute Gasteiger partial charge is 0.336 e. The molecule has 202 valence electrons. The van der Waals surface area contributed by atoms with Gasteiger partial charge >= 0.3 is 5.97 Å². The molecule has 0 saturated carbocycles. The molecule has 2 heterocycles. The van der Waals surface area contributed by atoms with E-state index < -0.39 is 16.0 Å². The number of benzene rings is 2. The van der Waals surface area contributed by atoms with Crippen molar-refractivity contribution in [1.29, 1.82) is 0 Å². The molecule has 1 aliphatic rings. The van der Waals surface area contributed by atoms with Crippen molar-refractivity contribution in [3.05, 3.63) is 59.7 Å². The Morgan fingerprint density at radius 2 is 1.71 bits per heavy atom. The fourth-order valence-electron chi connectivity index (χ4n) is 4.44. The third-order valence-corrected chi connectivity index (χ3v) is 7.83. The van der Waals surface area contributed by atoms with Gasteiger partial charge in [-0.05, 0) is 62.2 Å². The van der Waals surface area contributed by atoms with Crippen molar-refractivity contribution in [3.63, 3.8) is 0 Å². The van der Waals surface area contributed by atoms with E-state index in [9.17, 15) is 23.1 Å². The molecule has 3 aromatic rings. The highest BCUT2D eigenvalue weighted by Crippen LogP contribution is 2.28. The second-order valence-electron chi connectivity index (χ2n) is 9.65. The number of pyridine rings is 1. The van der Waals surface area contributed by atoms with E-state index in [2.05, 4.69) is 19.9 Å². The summed E-state index contributed by atoms with van der Waals surface area (Å²) >= 11 is 0. The van der Waals surface area contributed by atoms with Crippen molar-refractivity contribution >= 4 is 44.3 Å². The van der Waals surface area contributed by atoms with Gasteiger partial charge in [0.25, 0.3) is 10.0 Å². The van der Waals surface area contributed by atoms with Crippen LogP contribution in [0.4, 0.5) is 11.5 Å². The summed E-state index contributed by atoms with van der Waals surface area (Å²) in [6.45, 7) is 8.64. The second-order valence-corrected chi connectivity index (χ2v) is 11.3. The predicted octanol–water partition coefficient (Wildman–Crippen LogP) is 2.94. The molecule has 0 spiro atoms. The third kappa shape index (κ3) is 6.40. The maximum Gasteiger partial charge on any atom is 0.336 e. The number of aryl methyl sites for hydroxylation is 1. The number of rotatable bonds is 9. The molecule has 4 rings (SSSR count). The summed E-state index contributed by atoms with van der Waals surface area (Å²) in [5, 5.41) is 13.2. The number of piperazine rings is 1. The highest BCUT2D eigenvalue weighted by Gasteiger charge is 2.23. The molecular weight excluding hydrogens is 506 g/mol. The van der Waals surface area contributed by atoms with E-state index in [4.69, 9.17) is 0 Å². The topological polar surface area (TPSA) is 132 Å². The molecule has 0 radical (unpaired) electrons. The van der Waals surface area contributed by atoms with Gasteiger partial charge in [0.15, 0.2) is 0 Å². The van der Waals surface area contributed by atoms with Crippen LogP contribution < -0.4 is 14.9 Å². The van der Waals surface area contributed by atoms with Crippen molar-refractivity contribution in [1.82, 2.24) is 15.2 Å². The zero-order valence-electron chi connectivity index (χ0n) is 21.8. The lowest BCUT2D eigenvalue weighted by Gasteiger charge is -2.35. The van der Waals surface area contributed by atoms with Crippen LogP contribution in [0.1, 0.15) is 36.7 Å². The van der Waals surface area contributed by atoms with Crippen molar-refractivity contribution in [2.75, 3.05) is 42.3 Å². The highest BCUT2D eigenvalue weighted by atomic mass is 32.2. The summed E-state index contributed by atoms with van der Waals surface area (Å²) in [5.74, 6) is -0.613. The standard InChI is InChI=1S/C27H33N5O5S/c1-4-19-5-8-21(9-6-19)38(36,37)30-20-7-10-24-22(15-20)23(27(34)35)16-25(29-24)32-13-11-31(12-14-32)17-26(33)28-18(2)3/h5-10,15-16,18,30H,4,11-14,17H2,1-3H3,(H,28,33)(H,34,35). The van der Waals surface area contributed by atoms with Gasteiger partial charge in [0.1, 0.15) is 5.82 Å². The van der Waals surface area contributed by atoms with Crippen LogP contribution in [0, 0.1) is 0 Å². The first-order valence-electron chi connectivity index (χ1n) is 12.6. The molecule has 2 aromatic carbocycles. The monoisotopic (exact) mass is 539 g/mol. The number of amides is 1. The van der Waals surface area contributed by atoms with Crippen LogP contribution in [0.15, 0.2) is 53.4 Å². The minimum Gasteiger partial charge on any atom is -0.478 e. The van der Waals surface area contributed by atoms with E-state index in [1.54, 1.807) is 36.4 Å².